The number of ether oxygens (including phenoxy) is 1. The van der Waals surface area contributed by atoms with Gasteiger partial charge in [-0.2, -0.15) is 11.8 Å². The number of fused-ring (bicyclic) bond motifs is 4. The minimum atomic E-state index is -1.46. The summed E-state index contributed by atoms with van der Waals surface area (Å²) in [6.45, 7) is 1.61. The average molecular weight is 528 g/mol. The fourth-order valence-corrected chi connectivity index (χ4v) is 6.48. The van der Waals surface area contributed by atoms with Gasteiger partial charge >= 0.3 is 5.97 Å². The molecule has 3 aliphatic heterocycles. The topological polar surface area (TPSA) is 96.0 Å². The maximum Gasteiger partial charge on any atom is 0.326 e. The summed E-state index contributed by atoms with van der Waals surface area (Å²) < 4.78 is 5.11. The van der Waals surface area contributed by atoms with Crippen molar-refractivity contribution in [2.45, 2.75) is 24.9 Å². The summed E-state index contributed by atoms with van der Waals surface area (Å²) in [7, 11) is 0. The number of amides is 3. The van der Waals surface area contributed by atoms with Crippen LogP contribution in [0.5, 0.6) is 0 Å². The molecule has 0 radical (unpaired) electrons. The number of rotatable bonds is 7. The van der Waals surface area contributed by atoms with Crippen LogP contribution in [0.4, 0.5) is 11.4 Å². The van der Waals surface area contributed by atoms with Gasteiger partial charge in [-0.25, -0.2) is 4.90 Å². The second kappa shape index (κ2) is 9.53. The van der Waals surface area contributed by atoms with Gasteiger partial charge in [0.25, 0.3) is 5.91 Å². The maximum atomic E-state index is 14.2. The van der Waals surface area contributed by atoms with Crippen molar-refractivity contribution in [3.05, 3.63) is 59.1 Å². The molecule has 2 fully saturated rings. The van der Waals surface area contributed by atoms with E-state index in [1.807, 2.05) is 6.26 Å². The Kier molecular flexibility index (Phi) is 6.57. The molecule has 8 nitrogen and oxygen atoms in total. The third-order valence-corrected chi connectivity index (χ3v) is 8.04. The minimum absolute atomic E-state index is 0.189. The molecule has 1 N–H and O–H groups in total. The Morgan fingerprint density at radius 2 is 1.92 bits per heavy atom. The molecule has 188 valence electrons. The van der Waals surface area contributed by atoms with Crippen molar-refractivity contribution >= 4 is 58.4 Å². The quantitative estimate of drug-likeness (QED) is 0.437. The van der Waals surface area contributed by atoms with Crippen LogP contribution in [0, 0.1) is 11.8 Å². The Morgan fingerprint density at radius 1 is 1.14 bits per heavy atom. The molecule has 0 unspecified atom stereocenters. The summed E-state index contributed by atoms with van der Waals surface area (Å²) in [6, 6.07) is 13.3. The number of nitrogens with one attached hydrogen (secondary N) is 1. The van der Waals surface area contributed by atoms with E-state index in [0.717, 1.165) is 5.75 Å². The Hall–Kier alpha value is -2.88. The monoisotopic (exact) mass is 527 g/mol. The van der Waals surface area contributed by atoms with E-state index in [2.05, 4.69) is 5.32 Å². The zero-order chi connectivity index (χ0) is 25.6. The lowest BCUT2D eigenvalue weighted by Gasteiger charge is -2.30. The van der Waals surface area contributed by atoms with Crippen LogP contribution in [0.2, 0.25) is 5.02 Å². The highest BCUT2D eigenvalue weighted by Gasteiger charge is 2.71. The van der Waals surface area contributed by atoms with Crippen molar-refractivity contribution in [1.29, 1.82) is 0 Å². The molecular formula is C26H26ClN3O5S. The van der Waals surface area contributed by atoms with Crippen molar-refractivity contribution in [2.24, 2.45) is 11.8 Å². The molecule has 2 saturated heterocycles. The van der Waals surface area contributed by atoms with E-state index in [4.69, 9.17) is 16.3 Å². The first-order chi connectivity index (χ1) is 17.3. The third kappa shape index (κ3) is 3.64. The van der Waals surface area contributed by atoms with Crippen LogP contribution in [-0.4, -0.2) is 54.9 Å². The van der Waals surface area contributed by atoms with Crippen molar-refractivity contribution in [2.75, 3.05) is 35.0 Å². The largest absolute Gasteiger partial charge is 0.465 e. The van der Waals surface area contributed by atoms with Crippen LogP contribution in [0.25, 0.3) is 0 Å². The lowest BCUT2D eigenvalue weighted by molar-refractivity contribution is -0.142. The van der Waals surface area contributed by atoms with Crippen LogP contribution >= 0.6 is 23.4 Å². The fourth-order valence-electron chi connectivity index (χ4n) is 5.80. The predicted octanol–water partition coefficient (Wildman–Crippen LogP) is 2.98. The van der Waals surface area contributed by atoms with Gasteiger partial charge in [0.2, 0.25) is 11.8 Å². The molecule has 0 saturated carbocycles. The van der Waals surface area contributed by atoms with E-state index in [9.17, 15) is 19.2 Å². The van der Waals surface area contributed by atoms with Gasteiger partial charge in [-0.15, -0.1) is 0 Å². The number of nitrogens with zero attached hydrogens (tertiary/aromatic N) is 2. The molecular weight excluding hydrogens is 502 g/mol. The van der Waals surface area contributed by atoms with Crippen LogP contribution in [0.15, 0.2) is 48.5 Å². The molecule has 0 aromatic heterocycles. The Morgan fingerprint density at radius 3 is 2.64 bits per heavy atom. The first-order valence-corrected chi connectivity index (χ1v) is 13.6. The smallest absolute Gasteiger partial charge is 0.326 e. The summed E-state index contributed by atoms with van der Waals surface area (Å²) in [6.07, 6.45) is 2.57. The van der Waals surface area contributed by atoms with Crippen LogP contribution < -0.4 is 15.1 Å². The number of carbonyl (C=O) groups is 4. The number of anilines is 2. The van der Waals surface area contributed by atoms with Gasteiger partial charge < -0.3 is 4.74 Å². The van der Waals surface area contributed by atoms with Gasteiger partial charge in [0.1, 0.15) is 12.1 Å². The van der Waals surface area contributed by atoms with Gasteiger partial charge in [-0.05, 0) is 49.6 Å². The predicted molar refractivity (Wildman–Crippen MR) is 138 cm³/mol. The van der Waals surface area contributed by atoms with Gasteiger partial charge in [0.05, 0.1) is 24.1 Å². The van der Waals surface area contributed by atoms with E-state index in [-0.39, 0.29) is 19.1 Å². The minimum Gasteiger partial charge on any atom is -0.465 e. The van der Waals surface area contributed by atoms with E-state index in [0.29, 0.717) is 28.4 Å². The summed E-state index contributed by atoms with van der Waals surface area (Å²) in [5.74, 6) is -2.71. The summed E-state index contributed by atoms with van der Waals surface area (Å²) in [5.41, 5.74) is 0.0493. The van der Waals surface area contributed by atoms with E-state index in [1.54, 1.807) is 67.2 Å². The second-order valence-corrected chi connectivity index (χ2v) is 10.5. The highest BCUT2D eigenvalue weighted by molar-refractivity contribution is 7.98. The number of hydrogen-bond acceptors (Lipinski definition) is 7. The van der Waals surface area contributed by atoms with Crippen molar-refractivity contribution in [3.63, 3.8) is 0 Å². The van der Waals surface area contributed by atoms with E-state index < -0.39 is 41.2 Å². The number of hydrogen-bond donors (Lipinski definition) is 1. The highest BCUT2D eigenvalue weighted by Crippen LogP contribution is 2.55. The summed E-state index contributed by atoms with van der Waals surface area (Å²) in [4.78, 5) is 56.9. The van der Waals surface area contributed by atoms with Gasteiger partial charge in [-0.3, -0.25) is 29.4 Å². The number of benzene rings is 2. The molecule has 5 rings (SSSR count). The number of thioether (sulfide) groups is 1. The zero-order valence-electron chi connectivity index (χ0n) is 19.9. The Labute approximate surface area is 218 Å². The van der Waals surface area contributed by atoms with Crippen molar-refractivity contribution in [1.82, 2.24) is 5.32 Å². The second-order valence-electron chi connectivity index (χ2n) is 9.05. The molecule has 2 aromatic rings. The number of esters is 1. The lowest BCUT2D eigenvalue weighted by atomic mass is 9.76. The number of halogens is 1. The Bertz CT molecular complexity index is 1260. The van der Waals surface area contributed by atoms with Crippen LogP contribution in [0.3, 0.4) is 0 Å². The van der Waals surface area contributed by atoms with Crippen molar-refractivity contribution < 1.29 is 23.9 Å². The normalized spacial score (nSPS) is 26.6. The number of imide groups is 1. The first-order valence-electron chi connectivity index (χ1n) is 11.8. The average Bonchev–Trinajstić information content (AvgIpc) is 3.42. The van der Waals surface area contributed by atoms with Crippen LogP contribution in [0.1, 0.15) is 18.9 Å². The lowest BCUT2D eigenvalue weighted by Crippen LogP contribution is -2.55. The first kappa shape index (κ1) is 24.8. The molecule has 0 aliphatic carbocycles. The molecule has 0 bridgehead atoms. The highest BCUT2D eigenvalue weighted by atomic mass is 35.5. The fraction of sp³-hybridized carbons (Fsp3) is 0.385. The third-order valence-electron chi connectivity index (χ3n) is 7.16. The van der Waals surface area contributed by atoms with Gasteiger partial charge in [0.15, 0.2) is 0 Å². The zero-order valence-corrected chi connectivity index (χ0v) is 21.5. The molecule has 4 atom stereocenters. The van der Waals surface area contributed by atoms with Gasteiger partial charge in [-0.1, -0.05) is 35.9 Å². The maximum absolute atomic E-state index is 14.2. The SMILES string of the molecule is CCOC(=O)CN1C(=O)[C@@]2(N[C@@H](CCSC)[C@H]3C(=O)N(c4cccc(Cl)c4)C(=O)[C@H]32)c2ccccc21. The van der Waals surface area contributed by atoms with E-state index >= 15 is 0 Å². The molecule has 3 amide bonds. The standard InChI is InChI=1S/C26H26ClN3O5S/c1-3-35-20(31)14-29-19-10-5-4-9-17(19)26(25(29)34)22-21(18(28-26)11-12-36-2)23(32)30(24(22)33)16-8-6-7-15(27)13-16/h4-10,13,18,21-22,28H,3,11-12,14H2,1-2H3/t18-,21+,22-,26+/m0/s1. The Balaban J connectivity index is 1.63. The van der Waals surface area contributed by atoms with Gasteiger partial charge in [0, 0.05) is 22.3 Å². The number of carbonyl (C=O) groups excluding carboxylic acids is 4. The summed E-state index contributed by atoms with van der Waals surface area (Å²) >= 11 is 7.80. The molecule has 1 spiro atoms. The van der Waals surface area contributed by atoms with E-state index in [1.165, 1.54) is 9.80 Å². The van der Waals surface area contributed by atoms with Crippen LogP contribution in [-0.2, 0) is 29.5 Å². The molecule has 2 aromatic carbocycles. The molecule has 36 heavy (non-hydrogen) atoms. The molecule has 3 heterocycles. The molecule has 10 heteroatoms. The molecule has 3 aliphatic rings. The van der Waals surface area contributed by atoms with Crippen molar-refractivity contribution in [3.8, 4) is 0 Å². The summed E-state index contributed by atoms with van der Waals surface area (Å²) in [5, 5.41) is 3.84. The number of para-hydroxylation sites is 1.